The standard InChI is InChI=1S/C35H43F3N4O4/c1-20(2)13-30(42-35(46)23(5)14-27(40-42)10-12-41-18-26(36)19-41)34(45)39-11-9-24(17-31(43)44)28-15-25(16-29(37)33(28)38)32-21(3)7-6-8-22(32)4/h6-8,14-16,20,24,26,30H,9-13,17-19H2,1-5H3,(H,39,45)(H,43,44)/t24-,30-/m0/s1. The van der Waals surface area contributed by atoms with E-state index in [0.717, 1.165) is 22.8 Å². The largest absolute Gasteiger partial charge is 0.481 e. The molecule has 1 aliphatic heterocycles. The van der Waals surface area contributed by atoms with Gasteiger partial charge in [0, 0.05) is 38.2 Å². The van der Waals surface area contributed by atoms with Crippen LogP contribution in [-0.4, -0.2) is 64.0 Å². The Morgan fingerprint density at radius 3 is 2.35 bits per heavy atom. The Hall–Kier alpha value is -3.99. The number of nitrogens with zero attached hydrogens (tertiary/aromatic N) is 3. The zero-order valence-electron chi connectivity index (χ0n) is 27.1. The van der Waals surface area contributed by atoms with Gasteiger partial charge >= 0.3 is 5.97 Å². The van der Waals surface area contributed by atoms with Gasteiger partial charge in [0.2, 0.25) is 5.91 Å². The Morgan fingerprint density at radius 1 is 1.07 bits per heavy atom. The minimum atomic E-state index is -1.19. The Labute approximate surface area is 267 Å². The van der Waals surface area contributed by atoms with Gasteiger partial charge in [-0.3, -0.25) is 19.3 Å². The van der Waals surface area contributed by atoms with Crippen LogP contribution in [0.4, 0.5) is 13.2 Å². The molecule has 1 aromatic heterocycles. The molecule has 1 fully saturated rings. The van der Waals surface area contributed by atoms with Gasteiger partial charge in [-0.2, -0.15) is 5.10 Å². The second-order valence-electron chi connectivity index (χ2n) is 12.8. The van der Waals surface area contributed by atoms with E-state index in [0.29, 0.717) is 49.3 Å². The van der Waals surface area contributed by atoms with Crippen LogP contribution in [0.5, 0.6) is 0 Å². The molecule has 46 heavy (non-hydrogen) atoms. The van der Waals surface area contributed by atoms with E-state index in [9.17, 15) is 28.3 Å². The number of carboxylic acid groups (broad SMARTS) is 1. The number of alkyl halides is 1. The minimum absolute atomic E-state index is 0.0196. The quantitative estimate of drug-likeness (QED) is 0.236. The monoisotopic (exact) mass is 640 g/mol. The number of amides is 1. The molecule has 11 heteroatoms. The average molecular weight is 641 g/mol. The predicted octanol–water partition coefficient (Wildman–Crippen LogP) is 5.66. The summed E-state index contributed by atoms with van der Waals surface area (Å²) >= 11 is 0. The van der Waals surface area contributed by atoms with Gasteiger partial charge in [0.1, 0.15) is 12.2 Å². The first-order chi connectivity index (χ1) is 21.7. The van der Waals surface area contributed by atoms with Crippen LogP contribution in [-0.2, 0) is 16.0 Å². The van der Waals surface area contributed by atoms with Crippen molar-refractivity contribution in [1.82, 2.24) is 20.0 Å². The van der Waals surface area contributed by atoms with Crippen molar-refractivity contribution in [1.29, 1.82) is 0 Å². The van der Waals surface area contributed by atoms with Crippen LogP contribution in [0.25, 0.3) is 11.1 Å². The van der Waals surface area contributed by atoms with Gasteiger partial charge < -0.3 is 10.4 Å². The number of carboxylic acids is 1. The van der Waals surface area contributed by atoms with Crippen molar-refractivity contribution < 1.29 is 27.9 Å². The lowest BCUT2D eigenvalue weighted by atomic mass is 9.87. The summed E-state index contributed by atoms with van der Waals surface area (Å²) in [5.41, 5.74) is 3.50. The molecule has 0 bridgehead atoms. The Balaban J connectivity index is 1.55. The van der Waals surface area contributed by atoms with Crippen LogP contribution in [0.1, 0.15) is 73.0 Å². The number of hydrogen-bond donors (Lipinski definition) is 2. The summed E-state index contributed by atoms with van der Waals surface area (Å²) in [6.07, 6.45) is -0.474. The van der Waals surface area contributed by atoms with Gasteiger partial charge in [0.15, 0.2) is 11.6 Å². The van der Waals surface area contributed by atoms with Crippen LogP contribution < -0.4 is 10.9 Å². The van der Waals surface area contributed by atoms with Gasteiger partial charge in [-0.25, -0.2) is 17.9 Å². The highest BCUT2D eigenvalue weighted by atomic mass is 19.2. The Kier molecular flexibility index (Phi) is 11.4. The molecule has 2 aromatic carbocycles. The lowest BCUT2D eigenvalue weighted by Crippen LogP contribution is -2.49. The fourth-order valence-corrected chi connectivity index (χ4v) is 6.15. The van der Waals surface area contributed by atoms with Gasteiger partial charge in [-0.1, -0.05) is 32.0 Å². The molecule has 0 saturated carbocycles. The predicted molar refractivity (Wildman–Crippen MR) is 171 cm³/mol. The van der Waals surface area contributed by atoms with E-state index in [2.05, 4.69) is 10.4 Å². The molecule has 248 valence electrons. The molecule has 1 saturated heterocycles. The molecule has 2 N–H and O–H groups in total. The van der Waals surface area contributed by atoms with Crippen molar-refractivity contribution >= 4 is 11.9 Å². The maximum Gasteiger partial charge on any atom is 0.303 e. The van der Waals surface area contributed by atoms with Gasteiger partial charge in [0.25, 0.3) is 5.56 Å². The first-order valence-corrected chi connectivity index (χ1v) is 15.8. The number of nitrogens with one attached hydrogen (secondary N) is 1. The van der Waals surface area contributed by atoms with Crippen molar-refractivity contribution in [3.63, 3.8) is 0 Å². The maximum absolute atomic E-state index is 15.2. The Morgan fingerprint density at radius 2 is 1.74 bits per heavy atom. The summed E-state index contributed by atoms with van der Waals surface area (Å²) in [4.78, 5) is 40.5. The lowest BCUT2D eigenvalue weighted by molar-refractivity contribution is -0.137. The van der Waals surface area contributed by atoms with Crippen molar-refractivity contribution in [2.45, 2.75) is 78.4 Å². The molecule has 1 aliphatic rings. The third kappa shape index (κ3) is 8.43. The normalized spacial score (nSPS) is 15.1. The number of carbonyl (C=O) groups excluding carboxylic acids is 1. The second kappa shape index (κ2) is 15.1. The minimum Gasteiger partial charge on any atom is -0.481 e. The molecule has 4 rings (SSSR count). The molecule has 0 radical (unpaired) electrons. The first kappa shape index (κ1) is 34.9. The van der Waals surface area contributed by atoms with Crippen LogP contribution in [0.15, 0.2) is 41.2 Å². The molecule has 8 nitrogen and oxygen atoms in total. The van der Waals surface area contributed by atoms with Gasteiger partial charge in [-0.15, -0.1) is 0 Å². The summed E-state index contributed by atoms with van der Waals surface area (Å²) < 4.78 is 44.6. The van der Waals surface area contributed by atoms with E-state index in [4.69, 9.17) is 0 Å². The highest BCUT2D eigenvalue weighted by Gasteiger charge is 2.28. The number of aliphatic carboxylic acids is 1. The van der Waals surface area contributed by atoms with E-state index in [1.807, 2.05) is 50.8 Å². The lowest BCUT2D eigenvalue weighted by Gasteiger charge is -2.34. The third-order valence-electron chi connectivity index (χ3n) is 8.53. The number of hydrogen-bond acceptors (Lipinski definition) is 5. The zero-order chi connectivity index (χ0) is 33.7. The number of carbonyl (C=O) groups is 2. The molecule has 1 amide bonds. The topological polar surface area (TPSA) is 105 Å². The van der Waals surface area contributed by atoms with Crippen molar-refractivity contribution in [3.05, 3.63) is 86.3 Å². The molecule has 3 aromatic rings. The number of aryl methyl sites for hydroxylation is 3. The molecular formula is C35H43F3N4O4. The fourth-order valence-electron chi connectivity index (χ4n) is 6.15. The number of rotatable bonds is 14. The summed E-state index contributed by atoms with van der Waals surface area (Å²) in [6.45, 7) is 10.5. The zero-order valence-corrected chi connectivity index (χ0v) is 27.1. The molecule has 2 atom stereocenters. The van der Waals surface area contributed by atoms with E-state index in [-0.39, 0.29) is 24.4 Å². The van der Waals surface area contributed by atoms with Gasteiger partial charge in [-0.05, 0) is 91.5 Å². The first-order valence-electron chi connectivity index (χ1n) is 15.8. The SMILES string of the molecule is Cc1cccc(C)c1-c1cc(F)c(F)c([C@@H](CCNC(=O)[C@H](CC(C)C)n2nc(CCN3CC(F)C3)cc(C)c2=O)CC(=O)O)c1. The van der Waals surface area contributed by atoms with Crippen molar-refractivity contribution in [2.24, 2.45) is 5.92 Å². The second-order valence-corrected chi connectivity index (χ2v) is 12.8. The third-order valence-corrected chi connectivity index (χ3v) is 8.53. The van der Waals surface area contributed by atoms with Crippen molar-refractivity contribution in [2.75, 3.05) is 26.2 Å². The van der Waals surface area contributed by atoms with Gasteiger partial charge in [0.05, 0.1) is 12.1 Å². The highest BCUT2D eigenvalue weighted by Crippen LogP contribution is 2.34. The number of aromatic nitrogens is 2. The summed E-state index contributed by atoms with van der Waals surface area (Å²) in [7, 11) is 0. The average Bonchev–Trinajstić information content (AvgIpc) is 2.96. The summed E-state index contributed by atoms with van der Waals surface area (Å²) in [5, 5.41) is 17.0. The molecule has 2 heterocycles. The molecule has 0 aliphatic carbocycles. The number of likely N-dealkylation sites (tertiary alicyclic amines) is 1. The summed E-state index contributed by atoms with van der Waals surface area (Å²) in [5.74, 6) is -4.76. The van der Waals surface area contributed by atoms with Crippen LogP contribution in [0, 0.1) is 38.3 Å². The molecule has 0 unspecified atom stereocenters. The fraction of sp³-hybridized carbons (Fsp3) is 0.486. The van der Waals surface area contributed by atoms with E-state index in [1.165, 1.54) is 10.7 Å². The van der Waals surface area contributed by atoms with Crippen LogP contribution in [0.2, 0.25) is 0 Å². The van der Waals surface area contributed by atoms with Crippen molar-refractivity contribution in [3.8, 4) is 11.1 Å². The van der Waals surface area contributed by atoms with E-state index in [1.54, 1.807) is 13.0 Å². The van der Waals surface area contributed by atoms with Crippen LogP contribution >= 0.6 is 0 Å². The molecule has 0 spiro atoms. The number of benzene rings is 2. The van der Waals surface area contributed by atoms with E-state index >= 15 is 4.39 Å². The Bertz CT molecular complexity index is 1610. The maximum atomic E-state index is 15.2. The van der Waals surface area contributed by atoms with E-state index < -0.39 is 53.6 Å². The smallest absolute Gasteiger partial charge is 0.303 e. The number of halogens is 3. The summed E-state index contributed by atoms with van der Waals surface area (Å²) in [6, 6.07) is 8.96. The highest BCUT2D eigenvalue weighted by molar-refractivity contribution is 5.80. The molecular weight excluding hydrogens is 597 g/mol. The van der Waals surface area contributed by atoms with Crippen LogP contribution in [0.3, 0.4) is 0 Å².